The molecule has 2 aromatic heterocycles. The number of hydrogen-bond acceptors (Lipinski definition) is 5. The number of carbonyl (C=O) groups is 2. The minimum absolute atomic E-state index is 0.203. The first kappa shape index (κ1) is 16.1. The minimum Gasteiger partial charge on any atom is -0.357 e. The molecule has 0 aliphatic carbocycles. The van der Waals surface area contributed by atoms with Gasteiger partial charge in [-0.3, -0.25) is 9.59 Å². The quantitative estimate of drug-likeness (QED) is 0.816. The van der Waals surface area contributed by atoms with Crippen molar-refractivity contribution in [2.45, 2.75) is 25.4 Å². The highest BCUT2D eigenvalue weighted by Gasteiger charge is 2.39. The molecule has 126 valence electrons. The molecule has 0 unspecified atom stereocenters. The SMILES string of the molecule is CNC(=O)[C@@H]1C[C@@H](N)CN1C(=O)c1cnn(-c2ccccn2)c1C. The van der Waals surface area contributed by atoms with E-state index in [4.69, 9.17) is 5.73 Å². The van der Waals surface area contributed by atoms with Gasteiger partial charge in [-0.2, -0.15) is 5.10 Å². The molecule has 0 spiro atoms. The molecule has 8 heteroatoms. The number of likely N-dealkylation sites (N-methyl/N-ethyl adjacent to an activating group) is 1. The van der Waals surface area contributed by atoms with E-state index in [2.05, 4.69) is 15.4 Å². The number of carbonyl (C=O) groups excluding carboxylic acids is 2. The van der Waals surface area contributed by atoms with Gasteiger partial charge in [-0.15, -0.1) is 0 Å². The third-order valence-electron chi connectivity index (χ3n) is 4.25. The molecule has 0 radical (unpaired) electrons. The van der Waals surface area contributed by atoms with Crippen molar-refractivity contribution in [1.29, 1.82) is 0 Å². The lowest BCUT2D eigenvalue weighted by molar-refractivity contribution is -0.124. The summed E-state index contributed by atoms with van der Waals surface area (Å²) in [5.41, 5.74) is 7.08. The van der Waals surface area contributed by atoms with Crippen molar-refractivity contribution in [3.8, 4) is 5.82 Å². The van der Waals surface area contributed by atoms with E-state index >= 15 is 0 Å². The second-order valence-corrected chi connectivity index (χ2v) is 5.83. The topological polar surface area (TPSA) is 106 Å². The Morgan fingerprint density at radius 2 is 2.17 bits per heavy atom. The fourth-order valence-corrected chi connectivity index (χ4v) is 2.99. The van der Waals surface area contributed by atoms with Crippen LogP contribution in [0.5, 0.6) is 0 Å². The predicted molar refractivity (Wildman–Crippen MR) is 87.6 cm³/mol. The van der Waals surface area contributed by atoms with E-state index < -0.39 is 6.04 Å². The molecule has 3 heterocycles. The number of hydrogen-bond donors (Lipinski definition) is 2. The van der Waals surface area contributed by atoms with Crippen LogP contribution in [0.25, 0.3) is 5.82 Å². The third-order valence-corrected chi connectivity index (χ3v) is 4.25. The number of aromatic nitrogens is 3. The first-order valence-electron chi connectivity index (χ1n) is 7.77. The summed E-state index contributed by atoms with van der Waals surface area (Å²) >= 11 is 0. The van der Waals surface area contributed by atoms with Crippen LogP contribution in [-0.2, 0) is 4.79 Å². The van der Waals surface area contributed by atoms with E-state index in [0.29, 0.717) is 30.0 Å². The number of pyridine rings is 1. The highest BCUT2D eigenvalue weighted by Crippen LogP contribution is 2.22. The summed E-state index contributed by atoms with van der Waals surface area (Å²) in [5, 5.41) is 6.85. The molecule has 8 nitrogen and oxygen atoms in total. The van der Waals surface area contributed by atoms with E-state index in [1.54, 1.807) is 24.9 Å². The highest BCUT2D eigenvalue weighted by atomic mass is 16.2. The lowest BCUT2D eigenvalue weighted by Gasteiger charge is -2.23. The lowest BCUT2D eigenvalue weighted by atomic mass is 10.1. The highest BCUT2D eigenvalue weighted by molar-refractivity contribution is 5.98. The van der Waals surface area contributed by atoms with Gasteiger partial charge < -0.3 is 16.0 Å². The summed E-state index contributed by atoms with van der Waals surface area (Å²) in [6.07, 6.45) is 3.63. The lowest BCUT2D eigenvalue weighted by Crippen LogP contribution is -2.45. The number of nitrogens with zero attached hydrogens (tertiary/aromatic N) is 4. The van der Waals surface area contributed by atoms with Gasteiger partial charge in [-0.1, -0.05) is 6.07 Å². The van der Waals surface area contributed by atoms with Crippen molar-refractivity contribution in [2.75, 3.05) is 13.6 Å². The molecule has 1 saturated heterocycles. The molecule has 2 aromatic rings. The molecule has 0 saturated carbocycles. The van der Waals surface area contributed by atoms with Crippen molar-refractivity contribution < 1.29 is 9.59 Å². The van der Waals surface area contributed by atoms with Gasteiger partial charge in [0.05, 0.1) is 17.5 Å². The normalized spacial score (nSPS) is 20.2. The maximum atomic E-state index is 12.9. The molecular formula is C16H20N6O2. The Hall–Kier alpha value is -2.74. The molecular weight excluding hydrogens is 308 g/mol. The van der Waals surface area contributed by atoms with Crippen molar-refractivity contribution >= 4 is 11.8 Å². The third kappa shape index (κ3) is 2.76. The number of rotatable bonds is 3. The van der Waals surface area contributed by atoms with Crippen molar-refractivity contribution in [3.05, 3.63) is 41.9 Å². The van der Waals surface area contributed by atoms with Gasteiger partial charge in [-0.05, 0) is 25.5 Å². The van der Waals surface area contributed by atoms with Crippen LogP contribution in [0, 0.1) is 6.92 Å². The Morgan fingerprint density at radius 3 is 2.83 bits per heavy atom. The van der Waals surface area contributed by atoms with Gasteiger partial charge in [0.1, 0.15) is 6.04 Å². The molecule has 2 amide bonds. The largest absolute Gasteiger partial charge is 0.357 e. The maximum absolute atomic E-state index is 12.9. The number of nitrogens with two attached hydrogens (primary N) is 1. The molecule has 3 N–H and O–H groups in total. The molecule has 0 aromatic carbocycles. The van der Waals surface area contributed by atoms with E-state index in [9.17, 15) is 9.59 Å². The van der Waals surface area contributed by atoms with Crippen molar-refractivity contribution in [3.63, 3.8) is 0 Å². The standard InChI is InChI=1S/C16H20N6O2/c1-10-12(8-20-22(10)14-5-3-4-6-19-14)16(24)21-9-11(17)7-13(21)15(23)18-2/h3-6,8,11,13H,7,9,17H2,1-2H3,(H,18,23)/t11-,13+/m1/s1. The van der Waals surface area contributed by atoms with Gasteiger partial charge in [0.2, 0.25) is 5.91 Å². The minimum atomic E-state index is -0.546. The maximum Gasteiger partial charge on any atom is 0.258 e. The second kappa shape index (κ2) is 6.40. The molecule has 1 aliphatic rings. The summed E-state index contributed by atoms with van der Waals surface area (Å²) in [6, 6.07) is 4.73. The summed E-state index contributed by atoms with van der Waals surface area (Å²) < 4.78 is 1.61. The van der Waals surface area contributed by atoms with E-state index in [1.807, 2.05) is 18.2 Å². The van der Waals surface area contributed by atoms with Crippen LogP contribution >= 0.6 is 0 Å². The number of likely N-dealkylation sites (tertiary alicyclic amines) is 1. The molecule has 24 heavy (non-hydrogen) atoms. The zero-order valence-electron chi connectivity index (χ0n) is 13.6. The molecule has 3 rings (SSSR count). The van der Waals surface area contributed by atoms with E-state index in [1.165, 1.54) is 11.1 Å². The van der Waals surface area contributed by atoms with Crippen LogP contribution in [0.4, 0.5) is 0 Å². The fraction of sp³-hybridized carbons (Fsp3) is 0.375. The summed E-state index contributed by atoms with van der Waals surface area (Å²) in [5.74, 6) is 0.192. The Morgan fingerprint density at radius 1 is 1.38 bits per heavy atom. The molecule has 0 bridgehead atoms. The zero-order valence-corrected chi connectivity index (χ0v) is 13.6. The van der Waals surface area contributed by atoms with Gasteiger partial charge in [0.15, 0.2) is 5.82 Å². The van der Waals surface area contributed by atoms with Gasteiger partial charge in [0, 0.05) is 25.8 Å². The zero-order chi connectivity index (χ0) is 17.3. The number of nitrogens with one attached hydrogen (secondary N) is 1. The van der Waals surface area contributed by atoms with Crippen molar-refractivity contribution in [1.82, 2.24) is 25.0 Å². The summed E-state index contributed by atoms with van der Waals surface area (Å²) in [4.78, 5) is 30.7. The molecule has 1 fully saturated rings. The predicted octanol–water partition coefficient (Wildman–Crippen LogP) is -0.136. The first-order chi connectivity index (χ1) is 11.5. The van der Waals surface area contributed by atoms with Crippen LogP contribution in [0.15, 0.2) is 30.6 Å². The Labute approximate surface area is 139 Å². The van der Waals surface area contributed by atoms with Crippen LogP contribution < -0.4 is 11.1 Å². The fourth-order valence-electron chi connectivity index (χ4n) is 2.99. The van der Waals surface area contributed by atoms with Crippen LogP contribution in [0.1, 0.15) is 22.5 Å². The van der Waals surface area contributed by atoms with Crippen LogP contribution in [0.3, 0.4) is 0 Å². The first-order valence-corrected chi connectivity index (χ1v) is 7.77. The van der Waals surface area contributed by atoms with Gasteiger partial charge in [0.25, 0.3) is 5.91 Å². The summed E-state index contributed by atoms with van der Waals surface area (Å²) in [7, 11) is 1.55. The average molecular weight is 328 g/mol. The smallest absolute Gasteiger partial charge is 0.258 e. The number of amides is 2. The van der Waals surface area contributed by atoms with E-state index in [-0.39, 0.29) is 17.9 Å². The monoisotopic (exact) mass is 328 g/mol. The summed E-state index contributed by atoms with van der Waals surface area (Å²) in [6.45, 7) is 2.16. The molecule has 2 atom stereocenters. The Kier molecular flexibility index (Phi) is 4.30. The average Bonchev–Trinajstić information content (AvgIpc) is 3.17. The van der Waals surface area contributed by atoms with Gasteiger partial charge >= 0.3 is 0 Å². The van der Waals surface area contributed by atoms with Gasteiger partial charge in [-0.25, -0.2) is 9.67 Å². The van der Waals surface area contributed by atoms with Crippen molar-refractivity contribution in [2.24, 2.45) is 5.73 Å². The van der Waals surface area contributed by atoms with Crippen LogP contribution in [0.2, 0.25) is 0 Å². The van der Waals surface area contributed by atoms with Crippen LogP contribution in [-0.4, -0.2) is 57.2 Å². The van der Waals surface area contributed by atoms with E-state index in [0.717, 1.165) is 0 Å². The Bertz CT molecular complexity index is 757. The second-order valence-electron chi connectivity index (χ2n) is 5.83. The molecule has 1 aliphatic heterocycles. The Balaban J connectivity index is 1.91.